The van der Waals surface area contributed by atoms with Crippen LogP contribution in [0.2, 0.25) is 5.02 Å². The van der Waals surface area contributed by atoms with E-state index in [-0.39, 0.29) is 11.2 Å². The van der Waals surface area contributed by atoms with Gasteiger partial charge in [-0.05, 0) is 30.0 Å². The van der Waals surface area contributed by atoms with Crippen LogP contribution in [0.3, 0.4) is 0 Å². The van der Waals surface area contributed by atoms with Gasteiger partial charge in [0.05, 0.1) is 22.8 Å². The zero-order valence-corrected chi connectivity index (χ0v) is 14.6. The summed E-state index contributed by atoms with van der Waals surface area (Å²) < 4.78 is 5.70. The molecule has 2 aliphatic rings. The highest BCUT2D eigenvalue weighted by molar-refractivity contribution is 7.17. The molecule has 23 heavy (non-hydrogen) atoms. The number of ketones is 1. The van der Waals surface area contributed by atoms with Crippen LogP contribution in [-0.4, -0.2) is 23.9 Å². The summed E-state index contributed by atoms with van der Waals surface area (Å²) in [5.74, 6) is 1.01. The van der Waals surface area contributed by atoms with Crippen molar-refractivity contribution in [1.29, 1.82) is 0 Å². The molecule has 1 aromatic heterocycles. The number of anilines is 2. The molecule has 4 rings (SSSR count). The number of Topliss-reactive ketones (excluding diaryl/α,β-unsaturated/α-hetero) is 1. The number of carbonyl (C=O) groups excluding carboxylic acids is 1. The maximum atomic E-state index is 12.4. The van der Waals surface area contributed by atoms with Gasteiger partial charge in [0, 0.05) is 11.4 Å². The van der Waals surface area contributed by atoms with Crippen LogP contribution < -0.4 is 9.64 Å². The number of thiazole rings is 1. The van der Waals surface area contributed by atoms with Gasteiger partial charge in [0.15, 0.2) is 10.9 Å². The molecule has 0 atom stereocenters. The number of aromatic nitrogens is 1. The highest BCUT2D eigenvalue weighted by atomic mass is 35.5. The lowest BCUT2D eigenvalue weighted by Gasteiger charge is -2.29. The van der Waals surface area contributed by atoms with Crippen molar-refractivity contribution < 1.29 is 9.53 Å². The molecule has 0 saturated carbocycles. The lowest BCUT2D eigenvalue weighted by atomic mass is 9.78. The second-order valence-electron chi connectivity index (χ2n) is 6.83. The van der Waals surface area contributed by atoms with Gasteiger partial charge < -0.3 is 9.64 Å². The van der Waals surface area contributed by atoms with E-state index in [0.29, 0.717) is 24.6 Å². The first-order chi connectivity index (χ1) is 10.9. The molecular formula is C17H17ClN2O2S. The molecule has 0 amide bonds. The van der Waals surface area contributed by atoms with Gasteiger partial charge in [0.1, 0.15) is 12.4 Å². The van der Waals surface area contributed by atoms with Crippen LogP contribution in [0.4, 0.5) is 10.8 Å². The van der Waals surface area contributed by atoms with Gasteiger partial charge in [-0.2, -0.15) is 0 Å². The number of ether oxygens (including phenoxy) is 1. The van der Waals surface area contributed by atoms with Crippen molar-refractivity contribution in [3.8, 4) is 5.75 Å². The van der Waals surface area contributed by atoms with Gasteiger partial charge in [0.25, 0.3) is 0 Å². The molecule has 0 unspecified atom stereocenters. The standard InChI is InChI=1S/C17H17ClN2O2S/c1-17(2)8-11-15(13(21)9-17)23-16(19-11)20-5-6-22-14-4-3-10(18)7-12(14)20/h3-4,7H,5-6,8-9H2,1-2H3. The van der Waals surface area contributed by atoms with Gasteiger partial charge in [0.2, 0.25) is 0 Å². The highest BCUT2D eigenvalue weighted by Crippen LogP contribution is 2.43. The summed E-state index contributed by atoms with van der Waals surface area (Å²) in [4.78, 5) is 20.1. The Hall–Kier alpha value is -1.59. The molecule has 4 nitrogen and oxygen atoms in total. The van der Waals surface area contributed by atoms with Crippen LogP contribution in [0.25, 0.3) is 0 Å². The zero-order chi connectivity index (χ0) is 16.2. The average Bonchev–Trinajstić information content (AvgIpc) is 2.89. The second-order valence-corrected chi connectivity index (χ2v) is 8.24. The van der Waals surface area contributed by atoms with Crippen LogP contribution in [0.1, 0.15) is 35.6 Å². The van der Waals surface area contributed by atoms with E-state index >= 15 is 0 Å². The van der Waals surface area contributed by atoms with E-state index in [4.69, 9.17) is 21.3 Å². The number of nitrogens with zero attached hydrogens (tertiary/aromatic N) is 2. The average molecular weight is 349 g/mol. The maximum Gasteiger partial charge on any atom is 0.190 e. The van der Waals surface area contributed by atoms with Crippen LogP contribution in [-0.2, 0) is 6.42 Å². The molecule has 1 aliphatic heterocycles. The lowest BCUT2D eigenvalue weighted by Crippen LogP contribution is -2.28. The number of halogens is 1. The van der Waals surface area contributed by atoms with E-state index in [1.165, 1.54) is 11.3 Å². The van der Waals surface area contributed by atoms with Crippen molar-refractivity contribution in [2.75, 3.05) is 18.1 Å². The summed E-state index contributed by atoms with van der Waals surface area (Å²) in [5.41, 5.74) is 1.84. The van der Waals surface area contributed by atoms with E-state index in [1.54, 1.807) is 0 Å². The van der Waals surface area contributed by atoms with Crippen molar-refractivity contribution in [2.24, 2.45) is 5.41 Å². The largest absolute Gasteiger partial charge is 0.490 e. The molecule has 2 heterocycles. The number of hydrogen-bond acceptors (Lipinski definition) is 5. The number of hydrogen-bond donors (Lipinski definition) is 0. The van der Waals surface area contributed by atoms with Crippen molar-refractivity contribution in [3.63, 3.8) is 0 Å². The third-order valence-corrected chi connectivity index (χ3v) is 5.64. The van der Waals surface area contributed by atoms with Gasteiger partial charge in [-0.25, -0.2) is 4.98 Å². The quantitative estimate of drug-likeness (QED) is 0.762. The first-order valence-electron chi connectivity index (χ1n) is 7.66. The summed E-state index contributed by atoms with van der Waals surface area (Å²) in [6.45, 7) is 5.54. The molecule has 1 aliphatic carbocycles. The topological polar surface area (TPSA) is 42.4 Å². The highest BCUT2D eigenvalue weighted by Gasteiger charge is 2.35. The molecule has 120 valence electrons. The molecule has 2 aromatic rings. The van der Waals surface area contributed by atoms with E-state index < -0.39 is 0 Å². The summed E-state index contributed by atoms with van der Waals surface area (Å²) in [5, 5.41) is 1.52. The first-order valence-corrected chi connectivity index (χ1v) is 8.85. The third kappa shape index (κ3) is 2.62. The fraction of sp³-hybridized carbons (Fsp3) is 0.412. The molecule has 0 N–H and O–H groups in total. The summed E-state index contributed by atoms with van der Waals surface area (Å²) in [6, 6.07) is 5.59. The fourth-order valence-corrected chi connectivity index (χ4v) is 4.44. The van der Waals surface area contributed by atoms with Crippen molar-refractivity contribution in [3.05, 3.63) is 33.8 Å². The van der Waals surface area contributed by atoms with E-state index in [0.717, 1.165) is 33.6 Å². The Morgan fingerprint density at radius 1 is 1.35 bits per heavy atom. The second kappa shape index (κ2) is 5.21. The smallest absolute Gasteiger partial charge is 0.190 e. The minimum Gasteiger partial charge on any atom is -0.490 e. The third-order valence-electron chi connectivity index (χ3n) is 4.24. The Morgan fingerprint density at radius 3 is 3.00 bits per heavy atom. The van der Waals surface area contributed by atoms with Gasteiger partial charge in [-0.15, -0.1) is 0 Å². The molecule has 0 spiro atoms. The Bertz CT molecular complexity index is 800. The molecule has 0 saturated heterocycles. The molecule has 0 bridgehead atoms. The lowest BCUT2D eigenvalue weighted by molar-refractivity contribution is 0.0916. The number of rotatable bonds is 1. The van der Waals surface area contributed by atoms with Gasteiger partial charge in [-0.3, -0.25) is 4.79 Å². The van der Waals surface area contributed by atoms with Gasteiger partial charge in [-0.1, -0.05) is 36.8 Å². The first kappa shape index (κ1) is 15.0. The normalized spacial score (nSPS) is 19.1. The molecule has 6 heteroatoms. The molecular weight excluding hydrogens is 332 g/mol. The predicted octanol–water partition coefficient (Wildman–Crippen LogP) is 4.48. The Balaban J connectivity index is 1.77. The van der Waals surface area contributed by atoms with Crippen LogP contribution >= 0.6 is 22.9 Å². The summed E-state index contributed by atoms with van der Waals surface area (Å²) >= 11 is 7.62. The summed E-state index contributed by atoms with van der Waals surface area (Å²) in [6.07, 6.45) is 1.43. The Kier molecular flexibility index (Phi) is 3.39. The van der Waals surface area contributed by atoms with Crippen LogP contribution in [0.15, 0.2) is 18.2 Å². The van der Waals surface area contributed by atoms with E-state index in [1.807, 2.05) is 18.2 Å². The SMILES string of the molecule is CC1(C)CC(=O)c2sc(N3CCOc4ccc(Cl)cc43)nc2C1. The predicted molar refractivity (Wildman–Crippen MR) is 92.5 cm³/mol. The maximum absolute atomic E-state index is 12.4. The van der Waals surface area contributed by atoms with Crippen LogP contribution in [0.5, 0.6) is 5.75 Å². The fourth-order valence-electron chi connectivity index (χ4n) is 3.21. The van der Waals surface area contributed by atoms with Crippen molar-refractivity contribution >= 4 is 39.5 Å². The van der Waals surface area contributed by atoms with Crippen molar-refractivity contribution in [2.45, 2.75) is 26.7 Å². The Labute approximate surface area is 144 Å². The van der Waals surface area contributed by atoms with Gasteiger partial charge >= 0.3 is 0 Å². The van der Waals surface area contributed by atoms with Crippen LogP contribution in [0, 0.1) is 5.41 Å². The molecule has 0 fully saturated rings. The van der Waals surface area contributed by atoms with E-state index in [9.17, 15) is 4.79 Å². The number of carbonyl (C=O) groups is 1. The molecule has 1 aromatic carbocycles. The number of benzene rings is 1. The Morgan fingerprint density at radius 2 is 2.17 bits per heavy atom. The minimum atomic E-state index is -0.0123. The van der Waals surface area contributed by atoms with Crippen molar-refractivity contribution in [1.82, 2.24) is 4.98 Å². The van der Waals surface area contributed by atoms with E-state index in [2.05, 4.69) is 18.7 Å². The monoisotopic (exact) mass is 348 g/mol. The number of fused-ring (bicyclic) bond motifs is 2. The summed E-state index contributed by atoms with van der Waals surface area (Å²) in [7, 11) is 0. The molecule has 0 radical (unpaired) electrons. The zero-order valence-electron chi connectivity index (χ0n) is 13.1. The minimum absolute atomic E-state index is 0.0123.